The summed E-state index contributed by atoms with van der Waals surface area (Å²) in [7, 11) is 1.87. The Balaban J connectivity index is 2.37. The zero-order valence-corrected chi connectivity index (χ0v) is 7.14. The molecule has 11 heavy (non-hydrogen) atoms. The van der Waals surface area contributed by atoms with Gasteiger partial charge in [0.25, 0.3) is 0 Å². The monoisotopic (exact) mass is 155 g/mol. The lowest BCUT2D eigenvalue weighted by molar-refractivity contribution is 0.203. The minimum atomic E-state index is -0.250. The highest BCUT2D eigenvalue weighted by atomic mass is 16.3. The second kappa shape index (κ2) is 4.52. The van der Waals surface area contributed by atoms with Gasteiger partial charge >= 0.3 is 0 Å². The molecule has 0 heterocycles. The maximum Gasteiger partial charge on any atom is 0.0874 e. The largest absolute Gasteiger partial charge is 0.387 e. The van der Waals surface area contributed by atoms with E-state index in [9.17, 15) is 5.11 Å². The Morgan fingerprint density at radius 1 is 1.64 bits per heavy atom. The molecule has 0 amide bonds. The van der Waals surface area contributed by atoms with Crippen molar-refractivity contribution in [2.75, 3.05) is 13.6 Å². The second-order valence-electron chi connectivity index (χ2n) is 3.10. The van der Waals surface area contributed by atoms with Crippen LogP contribution in [0.1, 0.15) is 25.7 Å². The Bertz CT molecular complexity index is 142. The van der Waals surface area contributed by atoms with E-state index in [0.29, 0.717) is 6.54 Å². The average Bonchev–Trinajstić information content (AvgIpc) is 2.07. The van der Waals surface area contributed by atoms with Crippen LogP contribution in [-0.4, -0.2) is 24.8 Å². The molecule has 1 atom stereocenters. The summed E-state index contributed by atoms with van der Waals surface area (Å²) < 4.78 is 0. The standard InChI is InChI=1S/C9H17NO/c1-10-7-9(11)8-5-3-2-4-6-8/h5,9-11H,2-4,6-7H2,1H3. The molecular formula is C9H17NO. The number of allylic oxidation sites excluding steroid dienone is 1. The van der Waals surface area contributed by atoms with Crippen LogP contribution in [0.5, 0.6) is 0 Å². The lowest BCUT2D eigenvalue weighted by Crippen LogP contribution is -2.25. The van der Waals surface area contributed by atoms with Gasteiger partial charge in [-0.15, -0.1) is 0 Å². The minimum absolute atomic E-state index is 0.250. The molecule has 0 saturated carbocycles. The van der Waals surface area contributed by atoms with E-state index < -0.39 is 0 Å². The first-order chi connectivity index (χ1) is 5.34. The van der Waals surface area contributed by atoms with Crippen molar-refractivity contribution in [3.8, 4) is 0 Å². The van der Waals surface area contributed by atoms with Gasteiger partial charge < -0.3 is 10.4 Å². The van der Waals surface area contributed by atoms with Gasteiger partial charge in [0.15, 0.2) is 0 Å². The third kappa shape index (κ3) is 2.64. The smallest absolute Gasteiger partial charge is 0.0874 e. The van der Waals surface area contributed by atoms with Crippen molar-refractivity contribution in [3.05, 3.63) is 11.6 Å². The molecule has 0 aromatic carbocycles. The number of aliphatic hydroxyl groups is 1. The summed E-state index contributed by atoms with van der Waals surface area (Å²) in [6.45, 7) is 0.686. The number of aliphatic hydroxyl groups excluding tert-OH is 1. The van der Waals surface area contributed by atoms with Gasteiger partial charge in [-0.05, 0) is 38.3 Å². The molecule has 0 spiro atoms. The summed E-state index contributed by atoms with van der Waals surface area (Å²) in [5, 5.41) is 12.5. The van der Waals surface area contributed by atoms with Crippen LogP contribution in [-0.2, 0) is 0 Å². The Hall–Kier alpha value is -0.340. The van der Waals surface area contributed by atoms with Gasteiger partial charge in [-0.1, -0.05) is 6.08 Å². The molecule has 2 N–H and O–H groups in total. The highest BCUT2D eigenvalue weighted by Gasteiger charge is 2.11. The van der Waals surface area contributed by atoms with Crippen LogP contribution in [0.25, 0.3) is 0 Å². The maximum absolute atomic E-state index is 9.54. The van der Waals surface area contributed by atoms with Gasteiger partial charge in [0.2, 0.25) is 0 Å². The molecular weight excluding hydrogens is 138 g/mol. The fourth-order valence-electron chi connectivity index (χ4n) is 1.49. The summed E-state index contributed by atoms with van der Waals surface area (Å²) in [4.78, 5) is 0. The quantitative estimate of drug-likeness (QED) is 0.597. The molecule has 2 nitrogen and oxygen atoms in total. The number of likely N-dealkylation sites (N-methyl/N-ethyl adjacent to an activating group) is 1. The van der Waals surface area contributed by atoms with Gasteiger partial charge in [0, 0.05) is 6.54 Å². The third-order valence-corrected chi connectivity index (χ3v) is 2.15. The fraction of sp³-hybridized carbons (Fsp3) is 0.778. The lowest BCUT2D eigenvalue weighted by Gasteiger charge is -2.17. The van der Waals surface area contributed by atoms with Crippen molar-refractivity contribution in [1.29, 1.82) is 0 Å². The van der Waals surface area contributed by atoms with Crippen molar-refractivity contribution in [2.24, 2.45) is 0 Å². The lowest BCUT2D eigenvalue weighted by atomic mass is 9.95. The molecule has 1 unspecified atom stereocenters. The van der Waals surface area contributed by atoms with Crippen LogP contribution in [0.2, 0.25) is 0 Å². The normalized spacial score (nSPS) is 21.1. The molecule has 0 saturated heterocycles. The van der Waals surface area contributed by atoms with Crippen LogP contribution in [0.4, 0.5) is 0 Å². The van der Waals surface area contributed by atoms with Gasteiger partial charge in [0.1, 0.15) is 0 Å². The molecule has 0 radical (unpaired) electrons. The highest BCUT2D eigenvalue weighted by molar-refractivity contribution is 5.10. The Labute approximate surface area is 68.3 Å². The van der Waals surface area contributed by atoms with E-state index in [0.717, 1.165) is 12.8 Å². The molecule has 0 bridgehead atoms. The van der Waals surface area contributed by atoms with Gasteiger partial charge in [-0.25, -0.2) is 0 Å². The van der Waals surface area contributed by atoms with E-state index in [2.05, 4.69) is 11.4 Å². The van der Waals surface area contributed by atoms with Crippen LogP contribution in [0.15, 0.2) is 11.6 Å². The summed E-state index contributed by atoms with van der Waals surface area (Å²) in [5.41, 5.74) is 1.23. The predicted molar refractivity (Wildman–Crippen MR) is 46.5 cm³/mol. The molecule has 1 aliphatic rings. The van der Waals surface area contributed by atoms with Crippen LogP contribution in [0.3, 0.4) is 0 Å². The number of rotatable bonds is 3. The van der Waals surface area contributed by atoms with Crippen LogP contribution >= 0.6 is 0 Å². The van der Waals surface area contributed by atoms with Gasteiger partial charge in [0.05, 0.1) is 6.10 Å². The molecule has 0 aliphatic heterocycles. The second-order valence-corrected chi connectivity index (χ2v) is 3.10. The molecule has 0 aromatic rings. The van der Waals surface area contributed by atoms with E-state index in [1.165, 1.54) is 18.4 Å². The minimum Gasteiger partial charge on any atom is -0.387 e. The van der Waals surface area contributed by atoms with E-state index in [-0.39, 0.29) is 6.10 Å². The molecule has 1 rings (SSSR count). The third-order valence-electron chi connectivity index (χ3n) is 2.15. The summed E-state index contributed by atoms with van der Waals surface area (Å²) >= 11 is 0. The average molecular weight is 155 g/mol. The first kappa shape index (κ1) is 8.75. The summed E-state index contributed by atoms with van der Waals surface area (Å²) in [6, 6.07) is 0. The number of nitrogens with one attached hydrogen (secondary N) is 1. The van der Waals surface area contributed by atoms with Gasteiger partial charge in [-0.3, -0.25) is 0 Å². The first-order valence-corrected chi connectivity index (χ1v) is 4.36. The molecule has 64 valence electrons. The highest BCUT2D eigenvalue weighted by Crippen LogP contribution is 2.19. The number of hydrogen-bond acceptors (Lipinski definition) is 2. The predicted octanol–water partition coefficient (Wildman–Crippen LogP) is 1.07. The fourth-order valence-corrected chi connectivity index (χ4v) is 1.49. The van der Waals surface area contributed by atoms with Crippen LogP contribution < -0.4 is 5.32 Å². The Morgan fingerprint density at radius 3 is 3.00 bits per heavy atom. The van der Waals surface area contributed by atoms with E-state index in [4.69, 9.17) is 0 Å². The van der Waals surface area contributed by atoms with Crippen molar-refractivity contribution in [1.82, 2.24) is 5.32 Å². The van der Waals surface area contributed by atoms with E-state index >= 15 is 0 Å². The Kier molecular flexibility index (Phi) is 3.60. The van der Waals surface area contributed by atoms with Crippen LogP contribution in [0, 0.1) is 0 Å². The zero-order valence-electron chi connectivity index (χ0n) is 7.14. The zero-order chi connectivity index (χ0) is 8.10. The van der Waals surface area contributed by atoms with Crippen molar-refractivity contribution < 1.29 is 5.11 Å². The first-order valence-electron chi connectivity index (χ1n) is 4.36. The molecule has 0 fully saturated rings. The number of hydrogen-bond donors (Lipinski definition) is 2. The Morgan fingerprint density at radius 2 is 2.45 bits per heavy atom. The van der Waals surface area contributed by atoms with Crippen molar-refractivity contribution in [3.63, 3.8) is 0 Å². The van der Waals surface area contributed by atoms with E-state index in [1.54, 1.807) is 0 Å². The molecule has 1 aliphatic carbocycles. The molecule has 0 aromatic heterocycles. The van der Waals surface area contributed by atoms with Gasteiger partial charge in [-0.2, -0.15) is 0 Å². The molecule has 2 heteroatoms. The van der Waals surface area contributed by atoms with Crippen molar-refractivity contribution >= 4 is 0 Å². The van der Waals surface area contributed by atoms with E-state index in [1.807, 2.05) is 7.05 Å². The summed E-state index contributed by atoms with van der Waals surface area (Å²) in [6.07, 6.45) is 6.70. The SMILES string of the molecule is CNCC(O)C1=CCCCC1. The topological polar surface area (TPSA) is 32.3 Å². The van der Waals surface area contributed by atoms with Crippen molar-refractivity contribution in [2.45, 2.75) is 31.8 Å². The summed E-state index contributed by atoms with van der Waals surface area (Å²) in [5.74, 6) is 0. The maximum atomic E-state index is 9.54.